The Bertz CT molecular complexity index is 664. The van der Waals surface area contributed by atoms with Crippen LogP contribution in [0.4, 0.5) is 0 Å². The number of aryl methyl sites for hydroxylation is 1. The van der Waals surface area contributed by atoms with Crippen molar-refractivity contribution >= 4 is 23.0 Å². The Labute approximate surface area is 121 Å². The van der Waals surface area contributed by atoms with Crippen molar-refractivity contribution < 1.29 is 9.59 Å². The maximum atomic E-state index is 12.0. The number of carbonyl (C=O) groups excluding carboxylic acids is 2. The topological polar surface area (TPSA) is 102 Å². The van der Waals surface area contributed by atoms with Gasteiger partial charge in [-0.2, -0.15) is 0 Å². The van der Waals surface area contributed by atoms with Gasteiger partial charge < -0.3 is 10.6 Å². The van der Waals surface area contributed by atoms with Crippen LogP contribution in [-0.4, -0.2) is 44.9 Å². The molecule has 8 heteroatoms. The molecular formula is C13H18N6O2. The number of nitrogens with zero attached hydrogens (tertiary/aromatic N) is 4. The number of nitrogens with one attached hydrogen (secondary N) is 2. The number of aromatic nitrogens is 4. The molecule has 0 spiro atoms. The molecule has 2 N–H and O–H groups in total. The zero-order valence-corrected chi connectivity index (χ0v) is 12.3. The molecule has 2 aromatic heterocycles. The summed E-state index contributed by atoms with van der Waals surface area (Å²) in [4.78, 5) is 27.5. The van der Waals surface area contributed by atoms with Gasteiger partial charge in [-0.05, 0) is 6.07 Å². The monoisotopic (exact) mass is 290 g/mol. The number of carbonyl (C=O) groups is 2. The van der Waals surface area contributed by atoms with Crippen LogP contribution < -0.4 is 10.6 Å². The van der Waals surface area contributed by atoms with Gasteiger partial charge in [0, 0.05) is 32.3 Å². The fourth-order valence-corrected chi connectivity index (χ4v) is 1.72. The standard InChI is InChI=1S/C13H18N6O2/c1-8(2)12(20)14-4-5-15-13(21)9-6-10-11(16-7-9)19(3)18-17-10/h6-8H,4-5H2,1-3H3,(H,14,20)(H,15,21). The largest absolute Gasteiger partial charge is 0.354 e. The molecule has 2 aromatic rings. The Morgan fingerprint density at radius 2 is 2.00 bits per heavy atom. The number of hydrogen-bond acceptors (Lipinski definition) is 5. The molecule has 8 nitrogen and oxygen atoms in total. The van der Waals surface area contributed by atoms with E-state index in [4.69, 9.17) is 0 Å². The molecule has 2 heterocycles. The van der Waals surface area contributed by atoms with Crippen LogP contribution in [-0.2, 0) is 11.8 Å². The van der Waals surface area contributed by atoms with Gasteiger partial charge in [-0.25, -0.2) is 9.67 Å². The minimum atomic E-state index is -0.256. The molecule has 0 saturated heterocycles. The fourth-order valence-electron chi connectivity index (χ4n) is 1.72. The summed E-state index contributed by atoms with van der Waals surface area (Å²) < 4.78 is 1.54. The lowest BCUT2D eigenvalue weighted by atomic mass is 10.2. The molecule has 0 unspecified atom stereocenters. The highest BCUT2D eigenvalue weighted by Crippen LogP contribution is 2.08. The van der Waals surface area contributed by atoms with Crippen molar-refractivity contribution in [3.8, 4) is 0 Å². The van der Waals surface area contributed by atoms with Crippen LogP contribution in [0.1, 0.15) is 24.2 Å². The lowest BCUT2D eigenvalue weighted by Crippen LogP contribution is -2.36. The normalized spacial score (nSPS) is 10.9. The number of rotatable bonds is 5. The van der Waals surface area contributed by atoms with Crippen molar-refractivity contribution in [2.24, 2.45) is 13.0 Å². The molecule has 0 saturated carbocycles. The predicted molar refractivity (Wildman–Crippen MR) is 76.5 cm³/mol. The molecular weight excluding hydrogens is 272 g/mol. The summed E-state index contributed by atoms with van der Waals surface area (Å²) in [7, 11) is 1.74. The smallest absolute Gasteiger partial charge is 0.252 e. The molecule has 21 heavy (non-hydrogen) atoms. The summed E-state index contributed by atoms with van der Waals surface area (Å²) in [5.74, 6) is -0.357. The Hall–Kier alpha value is -2.51. The third kappa shape index (κ3) is 3.53. The van der Waals surface area contributed by atoms with Crippen molar-refractivity contribution in [1.29, 1.82) is 0 Å². The molecule has 0 aliphatic heterocycles. The first-order valence-corrected chi connectivity index (χ1v) is 6.70. The first-order valence-electron chi connectivity index (χ1n) is 6.70. The summed E-state index contributed by atoms with van der Waals surface area (Å²) in [6, 6.07) is 1.64. The van der Waals surface area contributed by atoms with E-state index in [-0.39, 0.29) is 17.7 Å². The van der Waals surface area contributed by atoms with E-state index in [0.29, 0.717) is 29.8 Å². The van der Waals surface area contributed by atoms with Gasteiger partial charge in [0.25, 0.3) is 5.91 Å². The van der Waals surface area contributed by atoms with E-state index in [1.54, 1.807) is 17.8 Å². The predicted octanol–water partition coefficient (Wildman–Crippen LogP) is -0.135. The fraction of sp³-hybridized carbons (Fsp3) is 0.462. The lowest BCUT2D eigenvalue weighted by Gasteiger charge is -2.08. The first-order chi connectivity index (χ1) is 9.99. The summed E-state index contributed by atoms with van der Waals surface area (Å²) in [5.41, 5.74) is 1.60. The van der Waals surface area contributed by atoms with Gasteiger partial charge in [-0.3, -0.25) is 9.59 Å². The van der Waals surface area contributed by atoms with E-state index in [1.807, 2.05) is 13.8 Å². The zero-order valence-electron chi connectivity index (χ0n) is 12.3. The van der Waals surface area contributed by atoms with Gasteiger partial charge in [-0.1, -0.05) is 19.1 Å². The van der Waals surface area contributed by atoms with Gasteiger partial charge in [0.15, 0.2) is 5.65 Å². The van der Waals surface area contributed by atoms with Crippen molar-refractivity contribution in [3.63, 3.8) is 0 Å². The second kappa shape index (κ2) is 6.29. The third-order valence-corrected chi connectivity index (χ3v) is 2.94. The van der Waals surface area contributed by atoms with Crippen molar-refractivity contribution in [2.75, 3.05) is 13.1 Å². The molecule has 0 fully saturated rings. The van der Waals surface area contributed by atoms with Crippen LogP contribution in [0.5, 0.6) is 0 Å². The molecule has 0 aliphatic rings. The molecule has 2 rings (SSSR count). The Kier molecular flexibility index (Phi) is 4.46. The van der Waals surface area contributed by atoms with E-state index in [2.05, 4.69) is 25.9 Å². The quantitative estimate of drug-likeness (QED) is 0.747. The first kappa shape index (κ1) is 14.9. The molecule has 0 bridgehead atoms. The minimum Gasteiger partial charge on any atom is -0.354 e. The third-order valence-electron chi connectivity index (χ3n) is 2.94. The summed E-state index contributed by atoms with van der Waals surface area (Å²) in [6.45, 7) is 4.38. The second-order valence-electron chi connectivity index (χ2n) is 4.98. The number of hydrogen-bond donors (Lipinski definition) is 2. The van der Waals surface area contributed by atoms with E-state index in [1.165, 1.54) is 6.20 Å². The SMILES string of the molecule is CC(C)C(=O)NCCNC(=O)c1cnc2c(c1)nnn2C. The van der Waals surface area contributed by atoms with Crippen LogP contribution in [0.25, 0.3) is 11.2 Å². The van der Waals surface area contributed by atoms with Crippen LogP contribution in [0.15, 0.2) is 12.3 Å². The van der Waals surface area contributed by atoms with E-state index >= 15 is 0 Å². The maximum Gasteiger partial charge on any atom is 0.252 e. The highest BCUT2D eigenvalue weighted by molar-refractivity contribution is 5.96. The van der Waals surface area contributed by atoms with Crippen LogP contribution >= 0.6 is 0 Å². The summed E-state index contributed by atoms with van der Waals surface area (Å²) in [5, 5.41) is 13.2. The van der Waals surface area contributed by atoms with Gasteiger partial charge in [0.05, 0.1) is 5.56 Å². The minimum absolute atomic E-state index is 0.0353. The van der Waals surface area contributed by atoms with Crippen molar-refractivity contribution in [3.05, 3.63) is 17.8 Å². The number of amides is 2. The van der Waals surface area contributed by atoms with Crippen LogP contribution in [0, 0.1) is 5.92 Å². The lowest BCUT2D eigenvalue weighted by molar-refractivity contribution is -0.123. The zero-order chi connectivity index (χ0) is 15.4. The van der Waals surface area contributed by atoms with Crippen molar-refractivity contribution in [2.45, 2.75) is 13.8 Å². The van der Waals surface area contributed by atoms with E-state index < -0.39 is 0 Å². The molecule has 0 radical (unpaired) electrons. The Balaban J connectivity index is 1.89. The van der Waals surface area contributed by atoms with Gasteiger partial charge in [0.2, 0.25) is 5.91 Å². The van der Waals surface area contributed by atoms with E-state index in [0.717, 1.165) is 0 Å². The van der Waals surface area contributed by atoms with Gasteiger partial charge in [0.1, 0.15) is 5.52 Å². The van der Waals surface area contributed by atoms with Crippen LogP contribution in [0.2, 0.25) is 0 Å². The molecule has 0 aliphatic carbocycles. The van der Waals surface area contributed by atoms with E-state index in [9.17, 15) is 9.59 Å². The summed E-state index contributed by atoms with van der Waals surface area (Å²) >= 11 is 0. The molecule has 0 aromatic carbocycles. The number of fused-ring (bicyclic) bond motifs is 1. The Morgan fingerprint density at radius 3 is 2.71 bits per heavy atom. The molecule has 0 atom stereocenters. The van der Waals surface area contributed by atoms with Crippen molar-refractivity contribution in [1.82, 2.24) is 30.6 Å². The van der Waals surface area contributed by atoms with Crippen LogP contribution in [0.3, 0.4) is 0 Å². The average molecular weight is 290 g/mol. The second-order valence-corrected chi connectivity index (χ2v) is 4.98. The number of pyridine rings is 1. The molecule has 2 amide bonds. The highest BCUT2D eigenvalue weighted by Gasteiger charge is 2.10. The Morgan fingerprint density at radius 1 is 1.29 bits per heavy atom. The molecule has 112 valence electrons. The highest BCUT2D eigenvalue weighted by atomic mass is 16.2. The maximum absolute atomic E-state index is 12.0. The summed E-state index contributed by atoms with van der Waals surface area (Å²) in [6.07, 6.45) is 1.48. The van der Waals surface area contributed by atoms with Gasteiger partial charge >= 0.3 is 0 Å². The average Bonchev–Trinajstić information content (AvgIpc) is 2.84. The van der Waals surface area contributed by atoms with Gasteiger partial charge in [-0.15, -0.1) is 5.10 Å².